The van der Waals surface area contributed by atoms with Crippen LogP contribution in [0.4, 0.5) is 0 Å². The predicted molar refractivity (Wildman–Crippen MR) is 101 cm³/mol. The van der Waals surface area contributed by atoms with Gasteiger partial charge in [-0.2, -0.15) is 11.8 Å². The summed E-state index contributed by atoms with van der Waals surface area (Å²) in [5.41, 5.74) is 4.88. The van der Waals surface area contributed by atoms with E-state index in [4.69, 9.17) is 0 Å². The smallest absolute Gasteiger partial charge is 0.244 e. The Morgan fingerprint density at radius 2 is 1.87 bits per heavy atom. The van der Waals surface area contributed by atoms with Gasteiger partial charge in [-0.25, -0.2) is 0 Å². The monoisotopic (exact) mass is 325 g/mol. The Hall–Kier alpha value is -2.00. The van der Waals surface area contributed by atoms with Crippen molar-refractivity contribution < 1.29 is 4.79 Å². The highest BCUT2D eigenvalue weighted by Gasteiger charge is 1.97. The molecular formula is C20H23NOS. The molecule has 120 valence electrons. The fourth-order valence-corrected chi connectivity index (χ4v) is 2.95. The van der Waals surface area contributed by atoms with Crippen LogP contribution < -0.4 is 5.32 Å². The van der Waals surface area contributed by atoms with Gasteiger partial charge >= 0.3 is 0 Å². The summed E-state index contributed by atoms with van der Waals surface area (Å²) >= 11 is 1.83. The van der Waals surface area contributed by atoms with Crippen molar-refractivity contribution in [3.8, 4) is 0 Å². The minimum absolute atomic E-state index is 0.0401. The minimum atomic E-state index is -0.0401. The third-order valence-corrected chi connectivity index (χ3v) is 4.43. The number of nitrogens with one attached hydrogen (secondary N) is 1. The molecule has 0 radical (unpaired) electrons. The molecule has 0 saturated heterocycles. The summed E-state index contributed by atoms with van der Waals surface area (Å²) < 4.78 is 0. The summed E-state index contributed by atoms with van der Waals surface area (Å²) in [6.45, 7) is 4.84. The number of carbonyl (C=O) groups excluding carboxylic acids is 1. The van der Waals surface area contributed by atoms with Gasteiger partial charge in [0.05, 0.1) is 0 Å². The summed E-state index contributed by atoms with van der Waals surface area (Å²) in [7, 11) is 0. The van der Waals surface area contributed by atoms with Gasteiger partial charge in [-0.3, -0.25) is 4.79 Å². The molecule has 2 rings (SSSR count). The van der Waals surface area contributed by atoms with Crippen molar-refractivity contribution in [1.29, 1.82) is 0 Å². The third-order valence-electron chi connectivity index (χ3n) is 3.40. The Morgan fingerprint density at radius 3 is 2.61 bits per heavy atom. The van der Waals surface area contributed by atoms with Crippen LogP contribution in [-0.4, -0.2) is 18.2 Å². The molecule has 0 aliphatic carbocycles. The van der Waals surface area contributed by atoms with Crippen LogP contribution in [0.15, 0.2) is 54.6 Å². The lowest BCUT2D eigenvalue weighted by Gasteiger charge is -2.04. The molecule has 0 saturated carbocycles. The van der Waals surface area contributed by atoms with Gasteiger partial charge in [0.2, 0.25) is 5.91 Å². The Labute approximate surface area is 143 Å². The number of amides is 1. The van der Waals surface area contributed by atoms with E-state index in [2.05, 4.69) is 43.4 Å². The van der Waals surface area contributed by atoms with E-state index in [1.807, 2.05) is 42.1 Å². The second kappa shape index (κ2) is 9.21. The molecule has 2 aromatic rings. The summed E-state index contributed by atoms with van der Waals surface area (Å²) in [5.74, 6) is 1.86. The van der Waals surface area contributed by atoms with Crippen molar-refractivity contribution in [2.75, 3.05) is 12.3 Å². The SMILES string of the molecule is Cc1ccc(/C=C/C(=O)NCCSCc2cccc(C)c2)cc1. The van der Waals surface area contributed by atoms with E-state index in [0.29, 0.717) is 6.54 Å². The van der Waals surface area contributed by atoms with Gasteiger partial charge in [-0.05, 0) is 31.1 Å². The molecule has 2 nitrogen and oxygen atoms in total. The Morgan fingerprint density at radius 1 is 1.09 bits per heavy atom. The van der Waals surface area contributed by atoms with Gasteiger partial charge < -0.3 is 5.32 Å². The molecule has 0 aliphatic heterocycles. The molecule has 2 aromatic carbocycles. The molecule has 0 spiro atoms. The van der Waals surface area contributed by atoms with Crippen LogP contribution in [0.3, 0.4) is 0 Å². The molecule has 0 atom stereocenters. The van der Waals surface area contributed by atoms with Crippen molar-refractivity contribution >= 4 is 23.7 Å². The van der Waals surface area contributed by atoms with Crippen molar-refractivity contribution in [2.24, 2.45) is 0 Å². The maximum absolute atomic E-state index is 11.8. The number of rotatable bonds is 7. The summed E-state index contributed by atoms with van der Waals surface area (Å²) in [4.78, 5) is 11.8. The maximum Gasteiger partial charge on any atom is 0.244 e. The first-order valence-electron chi connectivity index (χ1n) is 7.79. The van der Waals surface area contributed by atoms with Gasteiger partial charge in [0.1, 0.15) is 0 Å². The van der Waals surface area contributed by atoms with E-state index >= 15 is 0 Å². The largest absolute Gasteiger partial charge is 0.352 e. The predicted octanol–water partition coefficient (Wildman–Crippen LogP) is 4.37. The van der Waals surface area contributed by atoms with E-state index < -0.39 is 0 Å². The molecule has 0 unspecified atom stereocenters. The first kappa shape index (κ1) is 17.4. The second-order valence-electron chi connectivity index (χ2n) is 5.58. The van der Waals surface area contributed by atoms with Gasteiger partial charge in [0.25, 0.3) is 0 Å². The van der Waals surface area contributed by atoms with Crippen LogP contribution in [0, 0.1) is 13.8 Å². The lowest BCUT2D eigenvalue weighted by atomic mass is 10.1. The standard InChI is InChI=1S/C20H23NOS/c1-16-6-8-18(9-7-16)10-11-20(22)21-12-13-23-15-19-5-3-4-17(2)14-19/h3-11,14H,12-13,15H2,1-2H3,(H,21,22)/b11-10+. The number of carbonyl (C=O) groups is 1. The third kappa shape index (κ3) is 6.74. The lowest BCUT2D eigenvalue weighted by Crippen LogP contribution is -2.23. The van der Waals surface area contributed by atoms with E-state index in [1.54, 1.807) is 6.08 Å². The molecule has 1 N–H and O–H groups in total. The van der Waals surface area contributed by atoms with Crippen molar-refractivity contribution in [3.63, 3.8) is 0 Å². The number of aryl methyl sites for hydroxylation is 2. The zero-order valence-corrected chi connectivity index (χ0v) is 14.5. The van der Waals surface area contributed by atoms with E-state index in [9.17, 15) is 4.79 Å². The van der Waals surface area contributed by atoms with Crippen LogP contribution in [0.1, 0.15) is 22.3 Å². The molecular weight excluding hydrogens is 302 g/mol. The fourth-order valence-electron chi connectivity index (χ4n) is 2.15. The Bertz CT molecular complexity index is 662. The second-order valence-corrected chi connectivity index (χ2v) is 6.68. The first-order valence-corrected chi connectivity index (χ1v) is 8.95. The Balaban J connectivity index is 1.64. The molecule has 0 heterocycles. The number of hydrogen-bond donors (Lipinski definition) is 1. The molecule has 3 heteroatoms. The van der Waals surface area contributed by atoms with Gasteiger partial charge in [0, 0.05) is 24.1 Å². The fraction of sp³-hybridized carbons (Fsp3) is 0.250. The normalized spacial score (nSPS) is 10.9. The number of benzene rings is 2. The molecule has 23 heavy (non-hydrogen) atoms. The quantitative estimate of drug-likeness (QED) is 0.605. The summed E-state index contributed by atoms with van der Waals surface area (Å²) in [5, 5.41) is 2.92. The van der Waals surface area contributed by atoms with Gasteiger partial charge in [-0.1, -0.05) is 59.7 Å². The zero-order chi connectivity index (χ0) is 16.5. The highest BCUT2D eigenvalue weighted by atomic mass is 32.2. The van der Waals surface area contributed by atoms with E-state index in [1.165, 1.54) is 16.7 Å². The summed E-state index contributed by atoms with van der Waals surface area (Å²) in [6.07, 6.45) is 3.44. The van der Waals surface area contributed by atoms with Crippen LogP contribution in [0.2, 0.25) is 0 Å². The van der Waals surface area contributed by atoms with Crippen LogP contribution in [-0.2, 0) is 10.5 Å². The number of thioether (sulfide) groups is 1. The highest BCUT2D eigenvalue weighted by Crippen LogP contribution is 2.12. The van der Waals surface area contributed by atoms with Crippen molar-refractivity contribution in [1.82, 2.24) is 5.32 Å². The molecule has 0 bridgehead atoms. The topological polar surface area (TPSA) is 29.1 Å². The van der Waals surface area contributed by atoms with Gasteiger partial charge in [-0.15, -0.1) is 0 Å². The molecule has 0 fully saturated rings. The van der Waals surface area contributed by atoms with E-state index in [-0.39, 0.29) is 5.91 Å². The Kier molecular flexibility index (Phi) is 6.95. The summed E-state index contributed by atoms with van der Waals surface area (Å²) in [6, 6.07) is 16.6. The van der Waals surface area contributed by atoms with Crippen molar-refractivity contribution in [3.05, 3.63) is 76.9 Å². The molecule has 0 aromatic heterocycles. The van der Waals surface area contributed by atoms with Gasteiger partial charge in [0.15, 0.2) is 0 Å². The minimum Gasteiger partial charge on any atom is -0.352 e. The van der Waals surface area contributed by atoms with E-state index in [0.717, 1.165) is 17.1 Å². The highest BCUT2D eigenvalue weighted by molar-refractivity contribution is 7.98. The average Bonchev–Trinajstić information content (AvgIpc) is 2.54. The van der Waals surface area contributed by atoms with Crippen LogP contribution >= 0.6 is 11.8 Å². The van der Waals surface area contributed by atoms with Crippen LogP contribution in [0.25, 0.3) is 6.08 Å². The first-order chi connectivity index (χ1) is 11.1. The van der Waals surface area contributed by atoms with Crippen LogP contribution in [0.5, 0.6) is 0 Å². The maximum atomic E-state index is 11.8. The lowest BCUT2D eigenvalue weighted by molar-refractivity contribution is -0.116. The average molecular weight is 325 g/mol. The molecule has 0 aliphatic rings. The number of hydrogen-bond acceptors (Lipinski definition) is 2. The zero-order valence-electron chi connectivity index (χ0n) is 13.7. The van der Waals surface area contributed by atoms with Crippen molar-refractivity contribution in [2.45, 2.75) is 19.6 Å². The molecule has 1 amide bonds.